The van der Waals surface area contributed by atoms with Gasteiger partial charge in [-0.15, -0.1) is 21.8 Å². The van der Waals surface area contributed by atoms with Crippen molar-refractivity contribution in [3.05, 3.63) is 11.8 Å². The Bertz CT molecular complexity index is 302. The van der Waals surface area contributed by atoms with E-state index in [-0.39, 0.29) is 0 Å². The largest absolute Gasteiger partial charge is 0.424 e. The predicted molar refractivity (Wildman–Crippen MR) is 74.8 cm³/mol. The lowest BCUT2D eigenvalue weighted by atomic mass is 10.1. The van der Waals surface area contributed by atoms with Crippen LogP contribution < -0.4 is 0 Å². The minimum atomic E-state index is 0.310. The second-order valence-corrected chi connectivity index (χ2v) is 5.07. The lowest BCUT2D eigenvalue weighted by molar-refractivity contribution is 0.451. The highest BCUT2D eigenvalue weighted by molar-refractivity contribution is 6.16. The second kappa shape index (κ2) is 10.4. The fourth-order valence-electron chi connectivity index (χ4n) is 2.03. The zero-order valence-electron chi connectivity index (χ0n) is 11.5. The third kappa shape index (κ3) is 7.00. The van der Waals surface area contributed by atoms with E-state index in [4.69, 9.17) is 16.0 Å². The molecule has 0 saturated heterocycles. The molecule has 1 heterocycles. The Balaban J connectivity index is 1.89. The molecule has 0 atom stereocenters. The molecule has 0 fully saturated rings. The van der Waals surface area contributed by atoms with Gasteiger partial charge >= 0.3 is 0 Å². The Labute approximate surface area is 115 Å². The molecule has 0 radical (unpaired) electrons. The van der Waals surface area contributed by atoms with E-state index in [0.717, 1.165) is 18.7 Å². The molecule has 104 valence electrons. The predicted octanol–water partition coefficient (Wildman–Crippen LogP) is 4.88. The molecule has 0 bridgehead atoms. The fraction of sp³-hybridized carbons (Fsp3) is 0.857. The van der Waals surface area contributed by atoms with Crippen molar-refractivity contribution in [3.8, 4) is 0 Å². The summed E-state index contributed by atoms with van der Waals surface area (Å²) in [5.74, 6) is 1.57. The van der Waals surface area contributed by atoms with Gasteiger partial charge in [-0.25, -0.2) is 0 Å². The second-order valence-electron chi connectivity index (χ2n) is 4.80. The molecule has 0 spiro atoms. The molecule has 0 aliphatic rings. The molecule has 0 aliphatic carbocycles. The summed E-state index contributed by atoms with van der Waals surface area (Å²) in [5.41, 5.74) is 0. The topological polar surface area (TPSA) is 38.9 Å². The summed E-state index contributed by atoms with van der Waals surface area (Å²) in [6.07, 6.45) is 12.9. The van der Waals surface area contributed by atoms with Crippen molar-refractivity contribution in [2.75, 3.05) is 0 Å². The van der Waals surface area contributed by atoms with Crippen molar-refractivity contribution >= 4 is 11.6 Å². The zero-order valence-corrected chi connectivity index (χ0v) is 12.2. The molecule has 0 amide bonds. The minimum absolute atomic E-state index is 0.310. The first-order valence-electron chi connectivity index (χ1n) is 7.24. The van der Waals surface area contributed by atoms with Crippen LogP contribution in [0.4, 0.5) is 0 Å². The van der Waals surface area contributed by atoms with Crippen molar-refractivity contribution in [3.63, 3.8) is 0 Å². The molecular formula is C14H25ClN2O. The van der Waals surface area contributed by atoms with Crippen LogP contribution >= 0.6 is 11.6 Å². The first kappa shape index (κ1) is 15.5. The van der Waals surface area contributed by atoms with E-state index >= 15 is 0 Å². The average molecular weight is 273 g/mol. The van der Waals surface area contributed by atoms with E-state index in [0.29, 0.717) is 11.8 Å². The molecule has 0 unspecified atom stereocenters. The van der Waals surface area contributed by atoms with Crippen LogP contribution in [0.15, 0.2) is 4.42 Å². The van der Waals surface area contributed by atoms with Crippen molar-refractivity contribution in [1.82, 2.24) is 10.2 Å². The van der Waals surface area contributed by atoms with E-state index in [1.54, 1.807) is 0 Å². The number of hydrogen-bond donors (Lipinski definition) is 0. The van der Waals surface area contributed by atoms with Gasteiger partial charge < -0.3 is 4.42 Å². The Morgan fingerprint density at radius 1 is 0.833 bits per heavy atom. The van der Waals surface area contributed by atoms with Crippen LogP contribution in [-0.4, -0.2) is 10.2 Å². The highest BCUT2D eigenvalue weighted by atomic mass is 35.5. The minimum Gasteiger partial charge on any atom is -0.424 e. The van der Waals surface area contributed by atoms with Gasteiger partial charge in [0.2, 0.25) is 11.8 Å². The molecule has 0 aromatic carbocycles. The third-order valence-corrected chi connectivity index (χ3v) is 3.35. The standard InChI is InChI=1S/C14H25ClN2O/c1-2-3-4-5-6-7-8-9-10-11-13-16-17-14(12-15)18-13/h2-12H2,1H3. The number of aryl methyl sites for hydroxylation is 1. The monoisotopic (exact) mass is 272 g/mol. The molecule has 3 nitrogen and oxygen atoms in total. The molecule has 18 heavy (non-hydrogen) atoms. The first-order valence-corrected chi connectivity index (χ1v) is 7.77. The van der Waals surface area contributed by atoms with Crippen LogP contribution in [0.5, 0.6) is 0 Å². The number of nitrogens with zero attached hydrogens (tertiary/aromatic N) is 2. The van der Waals surface area contributed by atoms with Crippen LogP contribution in [-0.2, 0) is 12.3 Å². The third-order valence-electron chi connectivity index (χ3n) is 3.12. The van der Waals surface area contributed by atoms with Gasteiger partial charge in [0.25, 0.3) is 0 Å². The molecule has 1 aromatic heterocycles. The summed E-state index contributed by atoms with van der Waals surface area (Å²) in [7, 11) is 0. The Hall–Kier alpha value is -0.570. The molecular weight excluding hydrogens is 248 g/mol. The van der Waals surface area contributed by atoms with E-state index in [2.05, 4.69) is 17.1 Å². The maximum atomic E-state index is 5.60. The molecule has 1 aromatic rings. The van der Waals surface area contributed by atoms with E-state index in [1.807, 2.05) is 0 Å². The van der Waals surface area contributed by atoms with Crippen LogP contribution in [0, 0.1) is 0 Å². The van der Waals surface area contributed by atoms with Gasteiger partial charge in [0, 0.05) is 6.42 Å². The van der Waals surface area contributed by atoms with Crippen LogP contribution in [0.2, 0.25) is 0 Å². The zero-order chi connectivity index (χ0) is 13.1. The van der Waals surface area contributed by atoms with Gasteiger partial charge in [-0.2, -0.15) is 0 Å². The lowest BCUT2D eigenvalue weighted by Crippen LogP contribution is -1.86. The number of halogens is 1. The van der Waals surface area contributed by atoms with Gasteiger partial charge in [0.1, 0.15) is 5.88 Å². The molecule has 0 N–H and O–H groups in total. The number of hydrogen-bond acceptors (Lipinski definition) is 3. The number of aromatic nitrogens is 2. The van der Waals surface area contributed by atoms with E-state index in [1.165, 1.54) is 51.4 Å². The van der Waals surface area contributed by atoms with Crippen LogP contribution in [0.3, 0.4) is 0 Å². The number of rotatable bonds is 11. The van der Waals surface area contributed by atoms with Gasteiger partial charge in [0.05, 0.1) is 0 Å². The summed E-state index contributed by atoms with van der Waals surface area (Å²) in [5, 5.41) is 7.80. The summed E-state index contributed by atoms with van der Waals surface area (Å²) >= 11 is 5.60. The van der Waals surface area contributed by atoms with Gasteiger partial charge in [-0.3, -0.25) is 0 Å². The number of unbranched alkanes of at least 4 members (excludes halogenated alkanes) is 8. The first-order chi connectivity index (χ1) is 8.86. The van der Waals surface area contributed by atoms with E-state index in [9.17, 15) is 0 Å². The molecule has 0 aliphatic heterocycles. The van der Waals surface area contributed by atoms with Crippen molar-refractivity contribution < 1.29 is 4.42 Å². The lowest BCUT2D eigenvalue weighted by Gasteiger charge is -2.00. The smallest absolute Gasteiger partial charge is 0.231 e. The summed E-state index contributed by atoms with van der Waals surface area (Å²) < 4.78 is 5.35. The van der Waals surface area contributed by atoms with Crippen LogP contribution in [0.1, 0.15) is 76.5 Å². The maximum Gasteiger partial charge on any atom is 0.231 e. The quantitative estimate of drug-likeness (QED) is 0.426. The normalized spacial score (nSPS) is 11.0. The van der Waals surface area contributed by atoms with Gasteiger partial charge in [0.15, 0.2) is 0 Å². The summed E-state index contributed by atoms with van der Waals surface area (Å²) in [6, 6.07) is 0. The SMILES string of the molecule is CCCCCCCCCCCc1nnc(CCl)o1. The maximum absolute atomic E-state index is 5.60. The molecule has 4 heteroatoms. The van der Waals surface area contributed by atoms with Gasteiger partial charge in [-0.05, 0) is 6.42 Å². The average Bonchev–Trinajstić information content (AvgIpc) is 2.85. The number of alkyl halides is 1. The van der Waals surface area contributed by atoms with E-state index < -0.39 is 0 Å². The summed E-state index contributed by atoms with van der Waals surface area (Å²) in [4.78, 5) is 0. The Kier molecular flexibility index (Phi) is 8.92. The van der Waals surface area contributed by atoms with Crippen molar-refractivity contribution in [2.24, 2.45) is 0 Å². The highest BCUT2D eigenvalue weighted by Crippen LogP contribution is 2.11. The van der Waals surface area contributed by atoms with Crippen molar-refractivity contribution in [2.45, 2.75) is 77.0 Å². The summed E-state index contributed by atoms with van der Waals surface area (Å²) in [6.45, 7) is 2.26. The fourth-order valence-corrected chi connectivity index (χ4v) is 2.14. The van der Waals surface area contributed by atoms with Gasteiger partial charge in [-0.1, -0.05) is 58.3 Å². The van der Waals surface area contributed by atoms with Crippen LogP contribution in [0.25, 0.3) is 0 Å². The highest BCUT2D eigenvalue weighted by Gasteiger charge is 2.03. The Morgan fingerprint density at radius 2 is 1.39 bits per heavy atom. The molecule has 1 rings (SSSR count). The Morgan fingerprint density at radius 3 is 1.94 bits per heavy atom. The molecule has 0 saturated carbocycles. The van der Waals surface area contributed by atoms with Crippen molar-refractivity contribution in [1.29, 1.82) is 0 Å².